The predicted octanol–water partition coefficient (Wildman–Crippen LogP) is 2.95. The van der Waals surface area contributed by atoms with Gasteiger partial charge >= 0.3 is 0 Å². The summed E-state index contributed by atoms with van der Waals surface area (Å²) in [6.07, 6.45) is 2.14. The highest BCUT2D eigenvalue weighted by atomic mass is 127. The van der Waals surface area contributed by atoms with Crippen molar-refractivity contribution < 1.29 is 0 Å². The molecule has 0 saturated heterocycles. The Balaban J connectivity index is 3.08. The van der Waals surface area contributed by atoms with E-state index in [0.29, 0.717) is 0 Å². The minimum absolute atomic E-state index is 0.831. The van der Waals surface area contributed by atoms with Gasteiger partial charge in [-0.15, -0.1) is 19.1 Å². The van der Waals surface area contributed by atoms with E-state index < -0.39 is 19.1 Å². The largest absolute Gasteiger partial charge is 0.106 e. The zero-order valence-electron chi connectivity index (χ0n) is 6.03. The minimum atomic E-state index is -0.831. The zero-order valence-corrected chi connectivity index (χ0v) is 8.19. The van der Waals surface area contributed by atoms with Crippen molar-refractivity contribution >= 4 is 19.1 Å². The third kappa shape index (κ3) is 1.70. The quantitative estimate of drug-likeness (QED) is 0.446. The van der Waals surface area contributed by atoms with Gasteiger partial charge in [-0.25, -0.2) is 0 Å². The predicted molar refractivity (Wildman–Crippen MR) is 51.3 cm³/mol. The first-order valence-corrected chi connectivity index (χ1v) is 7.38. The summed E-state index contributed by atoms with van der Waals surface area (Å²) in [5, 5.41) is 0. The summed E-state index contributed by atoms with van der Waals surface area (Å²) < 4.78 is 5.77. The first-order chi connectivity index (χ1) is 4.20. The van der Waals surface area contributed by atoms with Gasteiger partial charge in [0.1, 0.15) is 0 Å². The molecule has 0 N–H and O–H groups in total. The molecular formula is C8H11I. The number of hydrogen-bond acceptors (Lipinski definition) is 0. The van der Waals surface area contributed by atoms with Crippen molar-refractivity contribution in [3.8, 4) is 3.81 Å². The molecule has 0 unspecified atom stereocenters. The van der Waals surface area contributed by atoms with Crippen molar-refractivity contribution in [3.63, 3.8) is 0 Å². The molecule has 0 radical (unpaired) electrons. The molecular weight excluding hydrogens is 223 g/mol. The van der Waals surface area contributed by atoms with Gasteiger partial charge in [0, 0.05) is 0 Å². The van der Waals surface area contributed by atoms with Crippen molar-refractivity contribution in [2.24, 2.45) is 0 Å². The second-order valence-corrected chi connectivity index (χ2v) is 6.44. The SMILES string of the molecule is CC1=CC#I(C)C=C1C. The Morgan fingerprint density at radius 3 is 2.44 bits per heavy atom. The molecule has 0 aromatic carbocycles. The van der Waals surface area contributed by atoms with Crippen LogP contribution in [0.25, 0.3) is 0 Å². The van der Waals surface area contributed by atoms with Gasteiger partial charge in [-0.2, -0.15) is 0 Å². The van der Waals surface area contributed by atoms with Crippen molar-refractivity contribution in [3.05, 3.63) is 21.3 Å². The molecule has 0 aliphatic carbocycles. The molecule has 50 valence electrons. The van der Waals surface area contributed by atoms with Gasteiger partial charge in [0.2, 0.25) is 0 Å². The van der Waals surface area contributed by atoms with E-state index in [-0.39, 0.29) is 0 Å². The Bertz CT molecular complexity index is 255. The van der Waals surface area contributed by atoms with Crippen LogP contribution in [0.3, 0.4) is 0 Å². The molecule has 0 nitrogen and oxygen atoms in total. The van der Waals surface area contributed by atoms with E-state index in [9.17, 15) is 0 Å². The third-order valence-electron chi connectivity index (χ3n) is 1.39. The van der Waals surface area contributed by atoms with E-state index in [1.54, 1.807) is 0 Å². The Morgan fingerprint density at radius 1 is 1.33 bits per heavy atom. The second-order valence-electron chi connectivity index (χ2n) is 2.24. The van der Waals surface area contributed by atoms with Crippen molar-refractivity contribution in [1.82, 2.24) is 0 Å². The maximum Gasteiger partial charge on any atom is -0.0115 e. The average molecular weight is 234 g/mol. The van der Waals surface area contributed by atoms with E-state index >= 15 is 0 Å². The molecule has 0 saturated carbocycles. The summed E-state index contributed by atoms with van der Waals surface area (Å²) in [4.78, 5) is 2.30. The highest BCUT2D eigenvalue weighted by Crippen LogP contribution is 2.26. The molecule has 1 heteroatoms. The number of hydrogen-bond donors (Lipinski definition) is 0. The molecule has 1 aliphatic heterocycles. The number of halogens is 1. The van der Waals surface area contributed by atoms with E-state index in [0.717, 1.165) is 0 Å². The Morgan fingerprint density at radius 2 is 2.00 bits per heavy atom. The van der Waals surface area contributed by atoms with Crippen LogP contribution in [0.1, 0.15) is 13.8 Å². The van der Waals surface area contributed by atoms with Gasteiger partial charge in [-0.1, -0.05) is 3.81 Å². The standard InChI is InChI=1S/C8H11I/c1-7-4-5-9(3)6-8(7)2/h4,6H,1-3H3. The van der Waals surface area contributed by atoms with Crippen molar-refractivity contribution in [2.75, 3.05) is 4.93 Å². The molecule has 0 aromatic heterocycles. The normalized spacial score (nSPS) is 19.4. The first kappa shape index (κ1) is 7.10. The van der Waals surface area contributed by atoms with Gasteiger partial charge in [-0.05, 0) is 40.1 Å². The maximum absolute atomic E-state index is 3.38. The van der Waals surface area contributed by atoms with E-state index in [1.807, 2.05) is 0 Å². The summed E-state index contributed by atoms with van der Waals surface area (Å²) in [6.45, 7) is 4.32. The molecule has 0 fully saturated rings. The Hall–Kier alpha value is -0.0100. The lowest BCUT2D eigenvalue weighted by molar-refractivity contribution is 1.37. The van der Waals surface area contributed by atoms with Crippen molar-refractivity contribution in [2.45, 2.75) is 13.8 Å². The molecule has 0 amide bonds. The van der Waals surface area contributed by atoms with Crippen LogP contribution in [-0.2, 0) is 0 Å². The van der Waals surface area contributed by atoms with E-state index in [2.05, 4.69) is 32.7 Å². The molecule has 0 bridgehead atoms. The number of allylic oxidation sites excluding steroid dienone is 3. The van der Waals surface area contributed by atoms with Crippen LogP contribution >= 0.6 is 19.1 Å². The van der Waals surface area contributed by atoms with Gasteiger partial charge < -0.3 is 0 Å². The van der Waals surface area contributed by atoms with Gasteiger partial charge in [-0.3, -0.25) is 0 Å². The van der Waals surface area contributed by atoms with Crippen LogP contribution in [-0.4, -0.2) is 4.93 Å². The molecule has 1 aliphatic rings. The van der Waals surface area contributed by atoms with Crippen molar-refractivity contribution in [1.29, 1.82) is 0 Å². The molecule has 9 heavy (non-hydrogen) atoms. The lowest BCUT2D eigenvalue weighted by Gasteiger charge is -2.02. The van der Waals surface area contributed by atoms with Gasteiger partial charge in [0.25, 0.3) is 0 Å². The van der Waals surface area contributed by atoms with E-state index in [4.69, 9.17) is 0 Å². The van der Waals surface area contributed by atoms with Crippen LogP contribution in [0.4, 0.5) is 0 Å². The number of alkyl halides is 1. The van der Waals surface area contributed by atoms with Crippen LogP contribution in [0.15, 0.2) is 21.3 Å². The molecule has 0 atom stereocenters. The molecule has 0 aromatic rings. The maximum atomic E-state index is 3.38. The highest BCUT2D eigenvalue weighted by Gasteiger charge is 1.93. The summed E-state index contributed by atoms with van der Waals surface area (Å²) in [6, 6.07) is 0. The fourth-order valence-corrected chi connectivity index (χ4v) is 3.68. The monoisotopic (exact) mass is 234 g/mol. The van der Waals surface area contributed by atoms with Crippen LogP contribution in [0.5, 0.6) is 0 Å². The third-order valence-corrected chi connectivity index (χ3v) is 4.55. The average Bonchev–Trinajstić information content (AvgIpc) is 1.80. The molecule has 0 spiro atoms. The highest BCUT2D eigenvalue weighted by molar-refractivity contribution is 14.2. The Labute approximate surface area is 63.1 Å². The summed E-state index contributed by atoms with van der Waals surface area (Å²) in [5.41, 5.74) is 2.84. The van der Waals surface area contributed by atoms with Gasteiger partial charge in [0.15, 0.2) is 0 Å². The smallest absolute Gasteiger partial charge is 0.0115 e. The summed E-state index contributed by atoms with van der Waals surface area (Å²) in [5.74, 6) is 0. The minimum Gasteiger partial charge on any atom is -0.106 e. The first-order valence-electron chi connectivity index (χ1n) is 2.90. The number of rotatable bonds is 0. The molecule has 1 rings (SSSR count). The summed E-state index contributed by atoms with van der Waals surface area (Å²) in [7, 11) is 0. The van der Waals surface area contributed by atoms with E-state index in [1.165, 1.54) is 11.1 Å². The topological polar surface area (TPSA) is 0 Å². The molecule has 1 heterocycles. The Kier molecular flexibility index (Phi) is 2.14. The van der Waals surface area contributed by atoms with Crippen LogP contribution < -0.4 is 0 Å². The fourth-order valence-electron chi connectivity index (χ4n) is 0.645. The second kappa shape index (κ2) is 2.72. The van der Waals surface area contributed by atoms with Crippen LogP contribution in [0, 0.1) is 3.81 Å². The lowest BCUT2D eigenvalue weighted by Crippen LogP contribution is -1.78. The lowest BCUT2D eigenvalue weighted by atomic mass is 10.1. The fraction of sp³-hybridized carbons (Fsp3) is 0.375. The summed E-state index contributed by atoms with van der Waals surface area (Å²) >= 11 is -0.831. The van der Waals surface area contributed by atoms with Crippen LogP contribution in [0.2, 0.25) is 0 Å². The zero-order chi connectivity index (χ0) is 6.85. The van der Waals surface area contributed by atoms with Gasteiger partial charge in [0.05, 0.1) is 0 Å².